The Labute approximate surface area is 250 Å². The molecule has 1 aliphatic carbocycles. The second-order valence-electron chi connectivity index (χ2n) is 9.78. The number of carbonyl (C=O) groups excluding carboxylic acids is 2. The van der Waals surface area contributed by atoms with Gasteiger partial charge in [0.2, 0.25) is 0 Å². The first-order valence-corrected chi connectivity index (χ1v) is 16.0. The zero-order chi connectivity index (χ0) is 29.7. The molecule has 0 atom stereocenters. The van der Waals surface area contributed by atoms with Crippen LogP contribution in [-0.4, -0.2) is 34.0 Å². The molecule has 0 bridgehead atoms. The third-order valence-electron chi connectivity index (χ3n) is 7.11. The fraction of sp³-hybridized carbons (Fsp3) is 0.250. The summed E-state index contributed by atoms with van der Waals surface area (Å²) < 4.78 is 40.0. The van der Waals surface area contributed by atoms with Crippen molar-refractivity contribution in [1.29, 1.82) is 0 Å². The average Bonchev–Trinajstić information content (AvgIpc) is 3.38. The Morgan fingerprint density at radius 1 is 0.929 bits per heavy atom. The van der Waals surface area contributed by atoms with Gasteiger partial charge in [-0.05, 0) is 80.1 Å². The van der Waals surface area contributed by atoms with E-state index < -0.39 is 21.9 Å². The minimum atomic E-state index is -4.11. The fourth-order valence-corrected chi connectivity index (χ4v) is 7.79. The Balaban J connectivity index is 1.56. The van der Waals surface area contributed by atoms with Gasteiger partial charge in [0, 0.05) is 4.88 Å². The van der Waals surface area contributed by atoms with Crippen molar-refractivity contribution in [3.05, 3.63) is 106 Å². The highest BCUT2D eigenvalue weighted by atomic mass is 32.2. The van der Waals surface area contributed by atoms with Crippen molar-refractivity contribution in [3.8, 4) is 5.75 Å². The topological polar surface area (TPSA) is 102 Å². The third kappa shape index (κ3) is 6.05. The molecule has 8 nitrogen and oxygen atoms in total. The number of hydrogen-bond acceptors (Lipinski definition) is 7. The number of methoxy groups -OCH3 is 1. The number of thiophene rings is 1. The maximum atomic E-state index is 14.1. The van der Waals surface area contributed by atoms with E-state index in [0.717, 1.165) is 41.7 Å². The first kappa shape index (κ1) is 29.3. The Morgan fingerprint density at radius 3 is 2.33 bits per heavy atom. The molecule has 0 radical (unpaired) electrons. The quantitative estimate of drug-likeness (QED) is 0.209. The zero-order valence-corrected chi connectivity index (χ0v) is 25.1. The molecule has 1 heterocycles. The lowest BCUT2D eigenvalue weighted by atomic mass is 9.95. The van der Waals surface area contributed by atoms with Crippen molar-refractivity contribution in [2.45, 2.75) is 44.0 Å². The summed E-state index contributed by atoms with van der Waals surface area (Å²) in [5, 5.41) is 3.35. The van der Waals surface area contributed by atoms with E-state index in [-0.39, 0.29) is 29.3 Å². The number of para-hydroxylation sites is 1. The summed E-state index contributed by atoms with van der Waals surface area (Å²) >= 11 is 1.39. The lowest BCUT2D eigenvalue weighted by Gasteiger charge is -2.26. The van der Waals surface area contributed by atoms with Gasteiger partial charge >= 0.3 is 5.97 Å². The number of nitrogens with one attached hydrogen (secondary N) is 1. The van der Waals surface area contributed by atoms with E-state index in [1.54, 1.807) is 43.3 Å². The van der Waals surface area contributed by atoms with E-state index in [4.69, 9.17) is 9.47 Å². The molecule has 0 fully saturated rings. The Hall–Kier alpha value is -4.15. The molecule has 3 aromatic carbocycles. The van der Waals surface area contributed by atoms with E-state index in [0.29, 0.717) is 16.3 Å². The van der Waals surface area contributed by atoms with Crippen molar-refractivity contribution in [1.82, 2.24) is 0 Å². The van der Waals surface area contributed by atoms with Gasteiger partial charge in [-0.1, -0.05) is 42.5 Å². The van der Waals surface area contributed by atoms with Gasteiger partial charge in [0.15, 0.2) is 0 Å². The predicted molar refractivity (Wildman–Crippen MR) is 164 cm³/mol. The maximum absolute atomic E-state index is 14.1. The Kier molecular flexibility index (Phi) is 8.94. The zero-order valence-electron chi connectivity index (χ0n) is 23.5. The van der Waals surface area contributed by atoms with Crippen LogP contribution in [0, 0.1) is 0 Å². The van der Waals surface area contributed by atoms with Gasteiger partial charge < -0.3 is 14.8 Å². The van der Waals surface area contributed by atoms with Gasteiger partial charge in [0.25, 0.3) is 15.9 Å². The van der Waals surface area contributed by atoms with E-state index in [1.807, 2.05) is 30.3 Å². The summed E-state index contributed by atoms with van der Waals surface area (Å²) in [5.74, 6) is -0.453. The van der Waals surface area contributed by atoms with E-state index in [2.05, 4.69) is 5.32 Å². The smallest absolute Gasteiger partial charge is 0.341 e. The monoisotopic (exact) mass is 604 g/mol. The van der Waals surface area contributed by atoms with Crippen molar-refractivity contribution in [2.75, 3.05) is 23.3 Å². The first-order chi connectivity index (χ1) is 20.3. The number of anilines is 2. The van der Waals surface area contributed by atoms with Crippen molar-refractivity contribution < 1.29 is 27.5 Å². The molecule has 0 saturated heterocycles. The van der Waals surface area contributed by atoms with Crippen molar-refractivity contribution >= 4 is 43.9 Å². The number of amides is 1. The van der Waals surface area contributed by atoms with Crippen LogP contribution in [0.2, 0.25) is 0 Å². The lowest BCUT2D eigenvalue weighted by Crippen LogP contribution is -2.32. The van der Waals surface area contributed by atoms with Gasteiger partial charge in [-0.25, -0.2) is 13.2 Å². The summed E-state index contributed by atoms with van der Waals surface area (Å²) in [6.45, 7) is 1.97. The minimum Gasteiger partial charge on any atom is -0.497 e. The number of esters is 1. The SMILES string of the molecule is CCOC(=O)c1c(NC(=O)c2ccccc2N(Cc2ccccc2)S(=O)(=O)c2ccc(OC)cc2)sc2c1CCCC2. The molecule has 5 rings (SSSR count). The van der Waals surface area contributed by atoms with Gasteiger partial charge in [-0.15, -0.1) is 11.3 Å². The molecular weight excluding hydrogens is 572 g/mol. The Morgan fingerprint density at radius 2 is 1.62 bits per heavy atom. The minimum absolute atomic E-state index is 0.000863. The molecule has 1 aromatic heterocycles. The van der Waals surface area contributed by atoms with E-state index in [9.17, 15) is 18.0 Å². The number of nitrogens with zero attached hydrogens (tertiary/aromatic N) is 1. The molecule has 42 heavy (non-hydrogen) atoms. The number of hydrogen-bond donors (Lipinski definition) is 1. The van der Waals surface area contributed by atoms with Crippen LogP contribution in [0.1, 0.15) is 56.5 Å². The predicted octanol–water partition coefficient (Wildman–Crippen LogP) is 6.46. The molecule has 1 amide bonds. The van der Waals surface area contributed by atoms with Gasteiger partial charge in [-0.3, -0.25) is 9.10 Å². The number of benzene rings is 3. The molecular formula is C32H32N2O6S2. The highest BCUT2D eigenvalue weighted by Gasteiger charge is 2.31. The van der Waals surface area contributed by atoms with Crippen LogP contribution < -0.4 is 14.4 Å². The maximum Gasteiger partial charge on any atom is 0.341 e. The number of aryl methyl sites for hydroxylation is 1. The normalized spacial score (nSPS) is 12.7. The number of sulfonamides is 1. The van der Waals surface area contributed by atoms with Crippen LogP contribution in [0.25, 0.3) is 0 Å². The molecule has 1 N–H and O–H groups in total. The van der Waals surface area contributed by atoms with Crippen LogP contribution in [-0.2, 0) is 34.1 Å². The summed E-state index contributed by atoms with van der Waals surface area (Å²) in [4.78, 5) is 28.0. The molecule has 4 aromatic rings. The van der Waals surface area contributed by atoms with E-state index in [1.165, 1.54) is 34.9 Å². The standard InChI is InChI=1S/C32H32N2O6S2/c1-3-40-32(36)29-26-14-8-10-16-28(26)41-31(29)33-30(35)25-13-7-9-15-27(25)34(21-22-11-5-4-6-12-22)42(37,38)24-19-17-23(39-2)18-20-24/h4-7,9,11-13,15,17-20H,3,8,10,14,16,21H2,1-2H3,(H,33,35). The number of fused-ring (bicyclic) bond motifs is 1. The largest absolute Gasteiger partial charge is 0.497 e. The summed E-state index contributed by atoms with van der Waals surface area (Å²) in [6.07, 6.45) is 3.56. The van der Waals surface area contributed by atoms with Crippen LogP contribution in [0.15, 0.2) is 83.8 Å². The number of carbonyl (C=O) groups is 2. The van der Waals surface area contributed by atoms with Crippen molar-refractivity contribution in [3.63, 3.8) is 0 Å². The third-order valence-corrected chi connectivity index (χ3v) is 10.1. The molecule has 0 unspecified atom stereocenters. The molecule has 0 spiro atoms. The molecule has 1 aliphatic rings. The highest BCUT2D eigenvalue weighted by Crippen LogP contribution is 2.39. The lowest BCUT2D eigenvalue weighted by molar-refractivity contribution is 0.0526. The fourth-order valence-electron chi connectivity index (χ4n) is 5.05. The molecule has 218 valence electrons. The van der Waals surface area contributed by atoms with Crippen LogP contribution in [0.4, 0.5) is 10.7 Å². The van der Waals surface area contributed by atoms with Crippen LogP contribution in [0.3, 0.4) is 0 Å². The van der Waals surface area contributed by atoms with Gasteiger partial charge in [-0.2, -0.15) is 0 Å². The number of rotatable bonds is 10. The molecule has 0 saturated carbocycles. The van der Waals surface area contributed by atoms with Gasteiger partial charge in [0.1, 0.15) is 10.8 Å². The summed E-state index contributed by atoms with van der Waals surface area (Å²) in [5.41, 5.74) is 2.45. The number of ether oxygens (including phenoxy) is 2. The second-order valence-corrected chi connectivity index (χ2v) is 12.7. The van der Waals surface area contributed by atoms with E-state index >= 15 is 0 Å². The molecule has 0 aliphatic heterocycles. The highest BCUT2D eigenvalue weighted by molar-refractivity contribution is 7.92. The van der Waals surface area contributed by atoms with Crippen LogP contribution >= 0.6 is 11.3 Å². The Bertz CT molecular complexity index is 1680. The molecule has 10 heteroatoms. The second kappa shape index (κ2) is 12.8. The summed E-state index contributed by atoms with van der Waals surface area (Å²) in [6, 6.07) is 21.9. The average molecular weight is 605 g/mol. The summed E-state index contributed by atoms with van der Waals surface area (Å²) in [7, 11) is -2.60. The van der Waals surface area contributed by atoms with Crippen LogP contribution in [0.5, 0.6) is 5.75 Å². The van der Waals surface area contributed by atoms with Crippen molar-refractivity contribution in [2.24, 2.45) is 0 Å². The first-order valence-electron chi connectivity index (χ1n) is 13.8. The van der Waals surface area contributed by atoms with Gasteiger partial charge in [0.05, 0.1) is 42.0 Å².